The molecule has 0 bridgehead atoms. The molecule has 0 fully saturated rings. The minimum Gasteiger partial charge on any atom is -0.490 e. The third-order valence-corrected chi connectivity index (χ3v) is 7.16. The molecule has 0 spiro atoms. The van der Waals surface area contributed by atoms with Crippen molar-refractivity contribution in [2.45, 2.75) is 50.6 Å². The Hall–Kier alpha value is -3.38. The van der Waals surface area contributed by atoms with E-state index in [1.165, 1.54) is 41.3 Å². The maximum Gasteiger partial charge on any atom is 0.343 e. The molecule has 10 nitrogen and oxygen atoms in total. The lowest BCUT2D eigenvalue weighted by atomic mass is 10.0. The van der Waals surface area contributed by atoms with Gasteiger partial charge in [-0.1, -0.05) is 36.9 Å². The number of amides is 1. The number of benzene rings is 1. The highest BCUT2D eigenvalue weighted by Gasteiger charge is 2.18. The highest BCUT2D eigenvalue weighted by Crippen LogP contribution is 2.30. The van der Waals surface area contributed by atoms with Crippen LogP contribution < -0.4 is 25.0 Å². The normalized spacial score (nSPS) is 10.8. The fourth-order valence-corrected chi connectivity index (χ4v) is 4.89. The molecule has 3 rings (SSSR count). The summed E-state index contributed by atoms with van der Waals surface area (Å²) < 4.78 is 22.4. The van der Waals surface area contributed by atoms with Gasteiger partial charge in [-0.15, -0.1) is 10.2 Å². The summed E-state index contributed by atoms with van der Waals surface area (Å²) in [6.07, 6.45) is 2.61. The van der Waals surface area contributed by atoms with E-state index in [1.807, 2.05) is 27.7 Å². The summed E-state index contributed by atoms with van der Waals surface area (Å²) in [6, 6.07) is 5.92. The van der Waals surface area contributed by atoms with Crippen LogP contribution in [0.1, 0.15) is 56.7 Å². The van der Waals surface area contributed by atoms with Gasteiger partial charge >= 0.3 is 5.97 Å². The molecule has 2 heterocycles. The highest BCUT2D eigenvalue weighted by atomic mass is 32.2. The van der Waals surface area contributed by atoms with Gasteiger partial charge < -0.3 is 23.9 Å². The second-order valence-corrected chi connectivity index (χ2v) is 9.86. The molecule has 0 atom stereocenters. The fraction of sp³-hybridized carbons (Fsp3) is 0.400. The zero-order chi connectivity index (χ0) is 26.8. The van der Waals surface area contributed by atoms with Crippen LogP contribution in [0.5, 0.6) is 17.2 Å². The number of carbonyl (C=O) groups excluding carboxylic acids is 2. The lowest BCUT2D eigenvalue weighted by Crippen LogP contribution is -2.21. The first-order valence-electron chi connectivity index (χ1n) is 11.9. The second-order valence-electron chi connectivity index (χ2n) is 7.66. The number of carbonyl (C=O) groups is 2. The largest absolute Gasteiger partial charge is 0.490 e. The Labute approximate surface area is 222 Å². The van der Waals surface area contributed by atoms with Crippen molar-refractivity contribution in [2.75, 3.05) is 18.5 Å². The van der Waals surface area contributed by atoms with Crippen molar-refractivity contribution in [1.82, 2.24) is 10.2 Å². The molecule has 0 radical (unpaired) electrons. The lowest BCUT2D eigenvalue weighted by molar-refractivity contribution is -0.120. The van der Waals surface area contributed by atoms with Gasteiger partial charge in [0.2, 0.25) is 22.2 Å². The van der Waals surface area contributed by atoms with Crippen molar-refractivity contribution in [2.24, 2.45) is 5.92 Å². The Morgan fingerprint density at radius 1 is 1.03 bits per heavy atom. The zero-order valence-corrected chi connectivity index (χ0v) is 22.7. The molecule has 0 saturated heterocycles. The van der Waals surface area contributed by atoms with Crippen molar-refractivity contribution in [3.63, 3.8) is 0 Å². The Morgan fingerprint density at radius 2 is 1.76 bits per heavy atom. The first-order chi connectivity index (χ1) is 17.9. The van der Waals surface area contributed by atoms with E-state index < -0.39 is 11.4 Å². The Kier molecular flexibility index (Phi) is 10.5. The predicted octanol–water partition coefficient (Wildman–Crippen LogP) is 5.17. The number of hydrogen-bond donors (Lipinski definition) is 1. The van der Waals surface area contributed by atoms with Crippen LogP contribution >= 0.6 is 23.1 Å². The van der Waals surface area contributed by atoms with Crippen LogP contribution in [-0.4, -0.2) is 35.3 Å². The molecule has 0 saturated carbocycles. The van der Waals surface area contributed by atoms with Crippen LogP contribution in [0.15, 0.2) is 44.1 Å². The molecule has 0 unspecified atom stereocenters. The average Bonchev–Trinajstić information content (AvgIpc) is 3.33. The minimum absolute atomic E-state index is 0.0666. The Morgan fingerprint density at radius 3 is 2.43 bits per heavy atom. The molecule has 0 aliphatic heterocycles. The Bertz CT molecular complexity index is 1270. The summed E-state index contributed by atoms with van der Waals surface area (Å²) in [5, 5.41) is 11.3. The number of ether oxygens (including phenoxy) is 3. The Balaban J connectivity index is 1.60. The molecular weight excluding hydrogens is 518 g/mol. The van der Waals surface area contributed by atoms with Gasteiger partial charge in [0, 0.05) is 12.0 Å². The number of anilines is 1. The molecule has 0 aliphatic rings. The average molecular weight is 548 g/mol. The van der Waals surface area contributed by atoms with Crippen LogP contribution in [0.3, 0.4) is 0 Å². The van der Waals surface area contributed by atoms with Crippen molar-refractivity contribution < 1.29 is 28.2 Å². The molecule has 12 heteroatoms. The number of nitrogens with one attached hydrogen (secondary N) is 1. The van der Waals surface area contributed by atoms with Crippen LogP contribution in [0.2, 0.25) is 0 Å². The van der Waals surface area contributed by atoms with Crippen molar-refractivity contribution in [1.29, 1.82) is 0 Å². The summed E-state index contributed by atoms with van der Waals surface area (Å²) >= 11 is 2.55. The summed E-state index contributed by atoms with van der Waals surface area (Å²) in [6.45, 7) is 8.45. The monoisotopic (exact) mass is 547 g/mol. The third-order valence-electron chi connectivity index (χ3n) is 5.16. The van der Waals surface area contributed by atoms with Gasteiger partial charge in [-0.3, -0.25) is 9.59 Å². The molecular formula is C25H29N3O7S2. The van der Waals surface area contributed by atoms with Crippen LogP contribution in [0.25, 0.3) is 0 Å². The fourth-order valence-electron chi connectivity index (χ4n) is 3.24. The van der Waals surface area contributed by atoms with E-state index in [4.69, 9.17) is 18.6 Å². The summed E-state index contributed by atoms with van der Waals surface area (Å²) in [4.78, 5) is 37.3. The first kappa shape index (κ1) is 28.2. The molecule has 1 amide bonds. The number of rotatable bonds is 13. The van der Waals surface area contributed by atoms with E-state index in [9.17, 15) is 14.4 Å². The van der Waals surface area contributed by atoms with Gasteiger partial charge in [-0.2, -0.15) is 0 Å². The van der Waals surface area contributed by atoms with Crippen LogP contribution in [0, 0.1) is 5.92 Å². The predicted molar refractivity (Wildman–Crippen MR) is 141 cm³/mol. The van der Waals surface area contributed by atoms with Crippen LogP contribution in [-0.2, 0) is 10.5 Å². The molecule has 1 N–H and O–H groups in total. The molecule has 1 aromatic carbocycles. The quantitative estimate of drug-likeness (QED) is 0.174. The van der Waals surface area contributed by atoms with Crippen LogP contribution in [0.4, 0.5) is 5.13 Å². The van der Waals surface area contributed by atoms with E-state index in [2.05, 4.69) is 15.5 Å². The van der Waals surface area contributed by atoms with Gasteiger partial charge in [0.1, 0.15) is 12.0 Å². The minimum atomic E-state index is -0.727. The SMILES string of the molecule is CCOc1ccc(C(=O)Oc2coc(CSc3nnc(NC(=O)C(CC)CC)s3)cc2=O)cc1OCC. The summed E-state index contributed by atoms with van der Waals surface area (Å²) in [5.74, 6) is 0.494. The molecule has 2 aromatic heterocycles. The van der Waals surface area contributed by atoms with E-state index in [0.717, 1.165) is 19.1 Å². The van der Waals surface area contributed by atoms with Crippen molar-refractivity contribution >= 4 is 40.1 Å². The number of thioether (sulfide) groups is 1. The number of nitrogens with zero attached hydrogens (tertiary/aromatic N) is 2. The van der Waals surface area contributed by atoms with Gasteiger partial charge in [0.15, 0.2) is 15.8 Å². The highest BCUT2D eigenvalue weighted by molar-refractivity contribution is 8.00. The van der Waals surface area contributed by atoms with Crippen molar-refractivity contribution in [3.8, 4) is 17.2 Å². The second kappa shape index (κ2) is 13.8. The van der Waals surface area contributed by atoms with E-state index in [1.54, 1.807) is 6.07 Å². The maximum absolute atomic E-state index is 12.6. The van der Waals surface area contributed by atoms with Crippen molar-refractivity contribution in [3.05, 3.63) is 52.1 Å². The topological polar surface area (TPSA) is 130 Å². The molecule has 0 aliphatic carbocycles. The number of esters is 1. The number of hydrogen-bond acceptors (Lipinski definition) is 11. The molecule has 198 valence electrons. The van der Waals surface area contributed by atoms with E-state index >= 15 is 0 Å². The third kappa shape index (κ3) is 7.80. The smallest absolute Gasteiger partial charge is 0.343 e. The first-order valence-corrected chi connectivity index (χ1v) is 13.7. The maximum atomic E-state index is 12.6. The van der Waals surface area contributed by atoms with Gasteiger partial charge in [-0.05, 0) is 44.9 Å². The zero-order valence-electron chi connectivity index (χ0n) is 21.1. The lowest BCUT2D eigenvalue weighted by Gasteiger charge is -2.12. The summed E-state index contributed by atoms with van der Waals surface area (Å²) in [5.41, 5.74) is -0.296. The van der Waals surface area contributed by atoms with Gasteiger partial charge in [0.05, 0.1) is 24.5 Å². The van der Waals surface area contributed by atoms with E-state index in [0.29, 0.717) is 45.7 Å². The summed E-state index contributed by atoms with van der Waals surface area (Å²) in [7, 11) is 0. The molecule has 37 heavy (non-hydrogen) atoms. The van der Waals surface area contributed by atoms with Gasteiger partial charge in [0.25, 0.3) is 0 Å². The van der Waals surface area contributed by atoms with E-state index in [-0.39, 0.29) is 23.1 Å². The standard InChI is InChI=1S/C25H29N3O7S2/c1-5-15(6-2)22(30)26-24-27-28-25(37-24)36-14-17-12-18(29)21(13-34-17)35-23(31)16-9-10-19(32-7-3)20(11-16)33-8-4/h9-13,15H,5-8,14H2,1-4H3,(H,26,27,30). The number of aromatic nitrogens is 2. The van der Waals surface area contributed by atoms with Gasteiger partial charge in [-0.25, -0.2) is 4.79 Å². The molecule has 3 aromatic rings.